The molecule has 1 N–H and O–H groups in total. The Bertz CT molecular complexity index is 631. The third-order valence-corrected chi connectivity index (χ3v) is 4.41. The van der Waals surface area contributed by atoms with Crippen molar-refractivity contribution in [2.75, 3.05) is 0 Å². The van der Waals surface area contributed by atoms with Gasteiger partial charge in [-0.05, 0) is 17.7 Å². The van der Waals surface area contributed by atoms with Crippen LogP contribution < -0.4 is 0 Å². The van der Waals surface area contributed by atoms with Gasteiger partial charge in [0.05, 0.1) is 12.3 Å². The number of aromatic nitrogens is 2. The molecule has 0 aliphatic carbocycles. The second-order valence-electron chi connectivity index (χ2n) is 3.92. The highest BCUT2D eigenvalue weighted by atomic mass is 32.2. The van der Waals surface area contributed by atoms with E-state index in [9.17, 15) is 0 Å². The predicted molar refractivity (Wildman–Crippen MR) is 75.0 cm³/mol. The number of rotatable bonds is 4. The minimum Gasteiger partial charge on any atom is -0.392 e. The first-order valence-corrected chi connectivity index (χ1v) is 7.45. The zero-order chi connectivity index (χ0) is 12.4. The Hall–Kier alpha value is -1.30. The van der Waals surface area contributed by atoms with Crippen molar-refractivity contribution in [1.29, 1.82) is 0 Å². The lowest BCUT2D eigenvalue weighted by Crippen LogP contribution is -1.84. The molecule has 0 radical (unpaired) electrons. The first-order chi connectivity index (χ1) is 8.85. The molecule has 3 aromatic rings. The summed E-state index contributed by atoms with van der Waals surface area (Å²) in [5.74, 6) is 0.850. The summed E-state index contributed by atoms with van der Waals surface area (Å²) in [6.45, 7) is 0.0919. The maximum atomic E-state index is 9.09. The maximum Gasteiger partial charge on any atom is 0.193 e. The van der Waals surface area contributed by atoms with Crippen LogP contribution in [0.15, 0.2) is 46.9 Å². The lowest BCUT2D eigenvalue weighted by atomic mass is 10.2. The zero-order valence-corrected chi connectivity index (χ0v) is 11.2. The number of hydrogen-bond acceptors (Lipinski definition) is 4. The molecular weight excluding hydrogens is 264 g/mol. The highest BCUT2D eigenvalue weighted by Gasteiger charge is 2.03. The lowest BCUT2D eigenvalue weighted by molar-refractivity contribution is 0.281. The third kappa shape index (κ3) is 2.43. The Balaban J connectivity index is 1.71. The number of benzene rings is 1. The van der Waals surface area contributed by atoms with E-state index in [1.807, 2.05) is 34.2 Å². The summed E-state index contributed by atoms with van der Waals surface area (Å²) in [5.41, 5.74) is 2.03. The van der Waals surface area contributed by atoms with Crippen LogP contribution in [0.1, 0.15) is 11.3 Å². The van der Waals surface area contributed by atoms with Crippen LogP contribution in [-0.4, -0.2) is 14.5 Å². The average Bonchev–Trinajstić information content (AvgIpc) is 2.97. The Labute approximate surface area is 113 Å². The molecule has 0 saturated carbocycles. The topological polar surface area (TPSA) is 37.5 Å². The van der Waals surface area contributed by atoms with Crippen molar-refractivity contribution in [3.8, 4) is 0 Å². The number of hydrogen-bond donors (Lipinski definition) is 1. The van der Waals surface area contributed by atoms with Gasteiger partial charge in [-0.15, -0.1) is 23.1 Å². The summed E-state index contributed by atoms with van der Waals surface area (Å²) in [6, 6.07) is 7.97. The number of aliphatic hydroxyl groups is 1. The molecule has 0 aliphatic rings. The monoisotopic (exact) mass is 276 g/mol. The first kappa shape index (κ1) is 11.8. The average molecular weight is 276 g/mol. The number of thiazole rings is 1. The Morgan fingerprint density at radius 3 is 3.17 bits per heavy atom. The summed E-state index contributed by atoms with van der Waals surface area (Å²) in [5, 5.41) is 11.1. The van der Waals surface area contributed by atoms with Gasteiger partial charge in [0.25, 0.3) is 0 Å². The molecule has 0 spiro atoms. The van der Waals surface area contributed by atoms with Crippen LogP contribution in [0.3, 0.4) is 0 Å². The molecule has 0 aliphatic heterocycles. The van der Waals surface area contributed by atoms with Gasteiger partial charge in [-0.25, -0.2) is 4.98 Å². The van der Waals surface area contributed by atoms with Crippen LogP contribution in [0.5, 0.6) is 0 Å². The van der Waals surface area contributed by atoms with Gasteiger partial charge in [0, 0.05) is 28.4 Å². The van der Waals surface area contributed by atoms with Crippen molar-refractivity contribution in [2.24, 2.45) is 0 Å². The standard InChI is InChI=1S/C13H12N2OS2/c16-8-10-2-1-3-12(6-10)18-9-11-7-15-4-5-17-13(15)14-11/h1-7,16H,8-9H2. The van der Waals surface area contributed by atoms with E-state index in [0.29, 0.717) is 0 Å². The van der Waals surface area contributed by atoms with Gasteiger partial charge in [-0.2, -0.15) is 0 Å². The van der Waals surface area contributed by atoms with Gasteiger partial charge in [-0.1, -0.05) is 12.1 Å². The van der Waals surface area contributed by atoms with E-state index in [2.05, 4.69) is 17.2 Å². The van der Waals surface area contributed by atoms with Gasteiger partial charge in [-0.3, -0.25) is 4.40 Å². The minimum absolute atomic E-state index is 0.0919. The fourth-order valence-electron chi connectivity index (χ4n) is 1.74. The van der Waals surface area contributed by atoms with Crippen LogP contribution in [0, 0.1) is 0 Å². The normalized spacial score (nSPS) is 11.2. The highest BCUT2D eigenvalue weighted by molar-refractivity contribution is 7.98. The van der Waals surface area contributed by atoms with Crippen LogP contribution >= 0.6 is 23.1 Å². The summed E-state index contributed by atoms with van der Waals surface area (Å²) in [4.78, 5) is 6.74. The Morgan fingerprint density at radius 1 is 1.39 bits per heavy atom. The van der Waals surface area contributed by atoms with Crippen molar-refractivity contribution in [3.05, 3.63) is 53.3 Å². The number of nitrogens with zero attached hydrogens (tertiary/aromatic N) is 2. The van der Waals surface area contributed by atoms with E-state index in [1.54, 1.807) is 23.1 Å². The van der Waals surface area contributed by atoms with Gasteiger partial charge in [0.15, 0.2) is 4.96 Å². The molecule has 0 fully saturated rings. The zero-order valence-electron chi connectivity index (χ0n) is 9.61. The first-order valence-electron chi connectivity index (χ1n) is 5.59. The van der Waals surface area contributed by atoms with Crippen molar-refractivity contribution >= 4 is 28.1 Å². The van der Waals surface area contributed by atoms with E-state index in [1.165, 1.54) is 0 Å². The number of aliphatic hydroxyl groups excluding tert-OH is 1. The van der Waals surface area contributed by atoms with E-state index < -0.39 is 0 Å². The molecule has 2 heterocycles. The van der Waals surface area contributed by atoms with Crippen molar-refractivity contribution in [3.63, 3.8) is 0 Å². The second kappa shape index (κ2) is 5.14. The molecular formula is C13H12N2OS2. The van der Waals surface area contributed by atoms with Crippen LogP contribution in [0.25, 0.3) is 4.96 Å². The van der Waals surface area contributed by atoms with Crippen molar-refractivity contribution in [1.82, 2.24) is 9.38 Å². The van der Waals surface area contributed by atoms with Crippen molar-refractivity contribution < 1.29 is 5.11 Å². The number of thioether (sulfide) groups is 1. The van der Waals surface area contributed by atoms with Crippen LogP contribution in [0.2, 0.25) is 0 Å². The molecule has 3 nitrogen and oxygen atoms in total. The van der Waals surface area contributed by atoms with Gasteiger partial charge in [0.1, 0.15) is 0 Å². The van der Waals surface area contributed by atoms with Crippen molar-refractivity contribution in [2.45, 2.75) is 17.3 Å². The largest absolute Gasteiger partial charge is 0.392 e. The molecule has 0 unspecified atom stereocenters. The summed E-state index contributed by atoms with van der Waals surface area (Å²) in [6.07, 6.45) is 4.09. The summed E-state index contributed by atoms with van der Waals surface area (Å²) >= 11 is 3.38. The SMILES string of the molecule is OCc1cccc(SCc2cn3ccsc3n2)c1. The molecule has 92 valence electrons. The fraction of sp³-hybridized carbons (Fsp3) is 0.154. The lowest BCUT2D eigenvalue weighted by Gasteiger charge is -2.01. The molecule has 0 bridgehead atoms. The molecule has 5 heteroatoms. The highest BCUT2D eigenvalue weighted by Crippen LogP contribution is 2.24. The van der Waals surface area contributed by atoms with Gasteiger partial charge >= 0.3 is 0 Å². The maximum absolute atomic E-state index is 9.09. The van der Waals surface area contributed by atoms with Crippen LogP contribution in [-0.2, 0) is 12.4 Å². The smallest absolute Gasteiger partial charge is 0.193 e. The summed E-state index contributed by atoms with van der Waals surface area (Å²) < 4.78 is 2.05. The molecule has 0 atom stereocenters. The Kier molecular flexibility index (Phi) is 3.36. The molecule has 0 saturated heterocycles. The quantitative estimate of drug-likeness (QED) is 0.744. The third-order valence-electron chi connectivity index (χ3n) is 2.61. The molecule has 0 amide bonds. The fourth-order valence-corrected chi connectivity index (χ4v) is 3.32. The van der Waals surface area contributed by atoms with Crippen LogP contribution in [0.4, 0.5) is 0 Å². The van der Waals surface area contributed by atoms with E-state index >= 15 is 0 Å². The Morgan fingerprint density at radius 2 is 2.33 bits per heavy atom. The minimum atomic E-state index is 0.0919. The number of imidazole rings is 1. The summed E-state index contributed by atoms with van der Waals surface area (Å²) in [7, 11) is 0. The molecule has 18 heavy (non-hydrogen) atoms. The van der Waals surface area contributed by atoms with E-state index in [0.717, 1.165) is 26.9 Å². The second-order valence-corrected chi connectivity index (χ2v) is 5.84. The van der Waals surface area contributed by atoms with Gasteiger partial charge in [0.2, 0.25) is 0 Å². The molecule has 2 aromatic heterocycles. The van der Waals surface area contributed by atoms with E-state index in [4.69, 9.17) is 5.11 Å². The molecule has 1 aromatic carbocycles. The number of fused-ring (bicyclic) bond motifs is 1. The van der Waals surface area contributed by atoms with Gasteiger partial charge < -0.3 is 5.11 Å². The van der Waals surface area contributed by atoms with E-state index in [-0.39, 0.29) is 6.61 Å². The predicted octanol–water partition coefficient (Wildman–Crippen LogP) is 3.18. The molecule has 3 rings (SSSR count).